The molecule has 5 heteroatoms. The molecule has 0 aliphatic heterocycles. The summed E-state index contributed by atoms with van der Waals surface area (Å²) in [6.45, 7) is 4.71. The van der Waals surface area contributed by atoms with E-state index in [4.69, 9.17) is 5.26 Å². The van der Waals surface area contributed by atoms with Gasteiger partial charge in [0.15, 0.2) is 0 Å². The lowest BCUT2D eigenvalue weighted by Crippen LogP contribution is -1.96. The Kier molecular flexibility index (Phi) is 3.06. The van der Waals surface area contributed by atoms with Crippen molar-refractivity contribution in [3.05, 3.63) is 35.8 Å². The van der Waals surface area contributed by atoms with Crippen LogP contribution in [0.25, 0.3) is 0 Å². The van der Waals surface area contributed by atoms with Crippen LogP contribution < -0.4 is 5.32 Å². The van der Waals surface area contributed by atoms with Gasteiger partial charge in [0.1, 0.15) is 5.82 Å². The van der Waals surface area contributed by atoms with E-state index in [1.165, 1.54) is 0 Å². The van der Waals surface area contributed by atoms with Gasteiger partial charge < -0.3 is 5.32 Å². The Morgan fingerprint density at radius 1 is 1.47 bits per heavy atom. The minimum absolute atomic E-state index is 0.600. The Morgan fingerprint density at radius 2 is 2.29 bits per heavy atom. The fraction of sp³-hybridized carbons (Fsp3) is 0.250. The molecular weight excluding hydrogens is 214 g/mol. The Labute approximate surface area is 99.7 Å². The van der Waals surface area contributed by atoms with E-state index in [0.717, 1.165) is 17.9 Å². The third-order valence-electron chi connectivity index (χ3n) is 2.31. The molecule has 17 heavy (non-hydrogen) atoms. The lowest BCUT2D eigenvalue weighted by molar-refractivity contribution is 0.660. The first-order valence-electron chi connectivity index (χ1n) is 5.39. The van der Waals surface area contributed by atoms with Crippen molar-refractivity contribution in [3.8, 4) is 6.07 Å². The summed E-state index contributed by atoms with van der Waals surface area (Å²) in [7, 11) is 0. The third-order valence-corrected chi connectivity index (χ3v) is 2.31. The van der Waals surface area contributed by atoms with Crippen LogP contribution in [-0.2, 0) is 6.54 Å². The molecule has 0 unspecified atom stereocenters. The maximum Gasteiger partial charge on any atom is 0.132 e. The molecule has 2 heterocycles. The zero-order chi connectivity index (χ0) is 12.3. The van der Waals surface area contributed by atoms with Gasteiger partial charge in [-0.15, -0.1) is 0 Å². The van der Waals surface area contributed by atoms with Gasteiger partial charge in [-0.25, -0.2) is 4.98 Å². The molecule has 0 saturated carbocycles. The highest BCUT2D eigenvalue weighted by Crippen LogP contribution is 2.15. The van der Waals surface area contributed by atoms with Crippen molar-refractivity contribution in [2.75, 3.05) is 5.32 Å². The number of anilines is 2. The molecule has 0 amide bonds. The molecular formula is C12H13N5. The van der Waals surface area contributed by atoms with Crippen LogP contribution in [0.4, 0.5) is 11.5 Å². The number of rotatable bonds is 3. The first-order chi connectivity index (χ1) is 8.21. The summed E-state index contributed by atoms with van der Waals surface area (Å²) >= 11 is 0. The molecule has 2 aromatic rings. The molecule has 2 rings (SSSR count). The Morgan fingerprint density at radius 3 is 2.94 bits per heavy atom. The van der Waals surface area contributed by atoms with Crippen LogP contribution in [0, 0.1) is 18.3 Å². The lowest BCUT2D eigenvalue weighted by atomic mass is 10.2. The zero-order valence-electron chi connectivity index (χ0n) is 9.81. The van der Waals surface area contributed by atoms with E-state index in [2.05, 4.69) is 21.5 Å². The number of nitrogens with zero attached hydrogens (tertiary/aromatic N) is 4. The Hall–Kier alpha value is -2.35. The predicted molar refractivity (Wildman–Crippen MR) is 64.9 cm³/mol. The van der Waals surface area contributed by atoms with Crippen LogP contribution in [0.15, 0.2) is 24.5 Å². The molecule has 86 valence electrons. The molecule has 5 nitrogen and oxygen atoms in total. The van der Waals surface area contributed by atoms with Crippen LogP contribution in [0.5, 0.6) is 0 Å². The van der Waals surface area contributed by atoms with Gasteiger partial charge in [-0.05, 0) is 26.0 Å². The van der Waals surface area contributed by atoms with Crippen LogP contribution in [0.3, 0.4) is 0 Å². The lowest BCUT2D eigenvalue weighted by Gasteiger charge is -2.04. The number of nitrogens with one attached hydrogen (secondary N) is 1. The highest BCUT2D eigenvalue weighted by atomic mass is 15.3. The number of pyridine rings is 1. The van der Waals surface area contributed by atoms with E-state index in [9.17, 15) is 0 Å². The summed E-state index contributed by atoms with van der Waals surface area (Å²) < 4.78 is 1.82. The molecule has 0 aliphatic carbocycles. The first-order valence-corrected chi connectivity index (χ1v) is 5.39. The van der Waals surface area contributed by atoms with Crippen molar-refractivity contribution in [3.63, 3.8) is 0 Å². The Bertz CT molecular complexity index is 565. The molecule has 0 atom stereocenters. The molecule has 2 aromatic heterocycles. The minimum Gasteiger partial charge on any atom is -0.338 e. The number of hydrogen-bond acceptors (Lipinski definition) is 4. The summed E-state index contributed by atoms with van der Waals surface area (Å²) in [6.07, 6.45) is 3.63. The minimum atomic E-state index is 0.600. The van der Waals surface area contributed by atoms with Crippen molar-refractivity contribution in [1.82, 2.24) is 14.8 Å². The fourth-order valence-corrected chi connectivity index (χ4v) is 1.55. The average Bonchev–Trinajstić information content (AvgIpc) is 2.76. The van der Waals surface area contributed by atoms with Gasteiger partial charge in [0.25, 0.3) is 0 Å². The van der Waals surface area contributed by atoms with Crippen molar-refractivity contribution in [1.29, 1.82) is 5.26 Å². The Balaban J connectivity index is 2.24. The van der Waals surface area contributed by atoms with Crippen LogP contribution in [-0.4, -0.2) is 14.8 Å². The standard InChI is InChI=1S/C12H13N5/c1-3-17-8-11(7-14-17)16-12-5-10(6-13)4-9(2)15-12/h4-5,7-8H,3H2,1-2H3,(H,15,16). The highest BCUT2D eigenvalue weighted by Gasteiger charge is 2.02. The topological polar surface area (TPSA) is 66.5 Å². The molecule has 1 N–H and O–H groups in total. The van der Waals surface area contributed by atoms with Gasteiger partial charge in [-0.1, -0.05) is 0 Å². The highest BCUT2D eigenvalue weighted by molar-refractivity contribution is 5.56. The van der Waals surface area contributed by atoms with Gasteiger partial charge in [-0.2, -0.15) is 10.4 Å². The summed E-state index contributed by atoms with van der Waals surface area (Å²) in [4.78, 5) is 4.31. The normalized spacial score (nSPS) is 9.94. The van der Waals surface area contributed by atoms with E-state index in [0.29, 0.717) is 11.4 Å². The van der Waals surface area contributed by atoms with Crippen molar-refractivity contribution in [2.45, 2.75) is 20.4 Å². The third kappa shape index (κ3) is 2.61. The van der Waals surface area contributed by atoms with Crippen LogP contribution in [0.1, 0.15) is 18.2 Å². The van der Waals surface area contributed by atoms with E-state index in [-0.39, 0.29) is 0 Å². The maximum absolute atomic E-state index is 8.87. The molecule has 0 bridgehead atoms. The number of aryl methyl sites for hydroxylation is 2. The summed E-state index contributed by atoms with van der Waals surface area (Å²) in [5.74, 6) is 0.664. The summed E-state index contributed by atoms with van der Waals surface area (Å²) in [6, 6.07) is 5.58. The van der Waals surface area contributed by atoms with Gasteiger partial charge in [0.2, 0.25) is 0 Å². The monoisotopic (exact) mass is 227 g/mol. The number of nitriles is 1. The number of aromatic nitrogens is 3. The van der Waals surface area contributed by atoms with Gasteiger partial charge in [0, 0.05) is 18.4 Å². The van der Waals surface area contributed by atoms with Gasteiger partial charge in [-0.3, -0.25) is 4.68 Å². The van der Waals surface area contributed by atoms with E-state index in [1.54, 1.807) is 18.3 Å². The summed E-state index contributed by atoms with van der Waals surface area (Å²) in [5, 5.41) is 16.2. The van der Waals surface area contributed by atoms with Crippen LogP contribution in [0.2, 0.25) is 0 Å². The van der Waals surface area contributed by atoms with E-state index >= 15 is 0 Å². The molecule has 0 saturated heterocycles. The van der Waals surface area contributed by atoms with E-state index in [1.807, 2.05) is 24.7 Å². The second-order valence-electron chi connectivity index (χ2n) is 3.70. The average molecular weight is 227 g/mol. The molecule has 0 radical (unpaired) electrons. The smallest absolute Gasteiger partial charge is 0.132 e. The predicted octanol–water partition coefficient (Wildman–Crippen LogP) is 2.22. The number of hydrogen-bond donors (Lipinski definition) is 1. The maximum atomic E-state index is 8.87. The molecule has 0 spiro atoms. The SMILES string of the molecule is CCn1cc(Nc2cc(C#N)cc(C)n2)cn1. The zero-order valence-corrected chi connectivity index (χ0v) is 9.81. The molecule has 0 aliphatic rings. The van der Waals surface area contributed by atoms with Gasteiger partial charge in [0.05, 0.1) is 23.5 Å². The largest absolute Gasteiger partial charge is 0.338 e. The quantitative estimate of drug-likeness (QED) is 0.873. The van der Waals surface area contributed by atoms with Gasteiger partial charge >= 0.3 is 0 Å². The van der Waals surface area contributed by atoms with Crippen LogP contribution >= 0.6 is 0 Å². The molecule has 0 aromatic carbocycles. The molecule has 0 fully saturated rings. The second-order valence-corrected chi connectivity index (χ2v) is 3.70. The first kappa shape index (κ1) is 11.1. The van der Waals surface area contributed by atoms with Crippen molar-refractivity contribution in [2.24, 2.45) is 0 Å². The fourth-order valence-electron chi connectivity index (χ4n) is 1.55. The van der Waals surface area contributed by atoms with E-state index < -0.39 is 0 Å². The second kappa shape index (κ2) is 4.66. The van der Waals surface area contributed by atoms with Crippen molar-refractivity contribution < 1.29 is 0 Å². The van der Waals surface area contributed by atoms with Crippen molar-refractivity contribution >= 4 is 11.5 Å². The summed E-state index contributed by atoms with van der Waals surface area (Å²) in [5.41, 5.74) is 2.28.